The first-order chi connectivity index (χ1) is 14.0. The summed E-state index contributed by atoms with van der Waals surface area (Å²) in [6, 6.07) is 15.9. The molecule has 0 fully saturated rings. The van der Waals surface area contributed by atoms with E-state index in [9.17, 15) is 4.79 Å². The maximum absolute atomic E-state index is 11.9. The molecule has 0 aliphatic rings. The lowest BCUT2D eigenvalue weighted by atomic mass is 10.1. The Morgan fingerprint density at radius 3 is 2.30 bits per heavy atom. The van der Waals surface area contributed by atoms with Crippen molar-refractivity contribution in [3.8, 4) is 11.5 Å². The van der Waals surface area contributed by atoms with Gasteiger partial charge in [0.25, 0.3) is 0 Å². The van der Waals surface area contributed by atoms with Crippen LogP contribution in [0.4, 0.5) is 0 Å². The Labute approximate surface area is 195 Å². The second-order valence-corrected chi connectivity index (χ2v) is 6.66. The second-order valence-electron chi connectivity index (χ2n) is 6.66. The predicted molar refractivity (Wildman–Crippen MR) is 131 cm³/mol. The molecule has 0 aromatic heterocycles. The van der Waals surface area contributed by atoms with Gasteiger partial charge in [-0.3, -0.25) is 4.79 Å². The Morgan fingerprint density at radius 2 is 1.67 bits per heavy atom. The quantitative estimate of drug-likeness (QED) is 0.299. The van der Waals surface area contributed by atoms with Crippen LogP contribution in [0.5, 0.6) is 11.5 Å². The molecule has 0 saturated carbocycles. The zero-order valence-corrected chi connectivity index (χ0v) is 20.3. The topological polar surface area (TPSA) is 75.2 Å². The Kier molecular flexibility index (Phi) is 11.7. The molecule has 164 valence electrons. The monoisotopic (exact) mass is 526 g/mol. The molecule has 0 spiro atoms. The standard InChI is InChI=1S/C22H30N4O3.HI/c1-26(2)21(27)16-25-22(23-13-12-17-8-6-5-7-9-17)24-15-18-10-11-19(28-3)20(14-18)29-4;/h5-11,14H,12-13,15-16H2,1-4H3,(H2,23,24,25);1H. The van der Waals surface area contributed by atoms with Crippen molar-refractivity contribution in [2.45, 2.75) is 13.0 Å². The third-order valence-electron chi connectivity index (χ3n) is 4.32. The number of methoxy groups -OCH3 is 2. The molecule has 1 amide bonds. The molecule has 0 bridgehead atoms. The van der Waals surface area contributed by atoms with Gasteiger partial charge in [0.2, 0.25) is 5.91 Å². The smallest absolute Gasteiger partial charge is 0.241 e. The minimum atomic E-state index is -0.0197. The highest BCUT2D eigenvalue weighted by Crippen LogP contribution is 2.27. The molecule has 30 heavy (non-hydrogen) atoms. The molecule has 2 rings (SSSR count). The third kappa shape index (κ3) is 8.48. The summed E-state index contributed by atoms with van der Waals surface area (Å²) in [5.41, 5.74) is 2.22. The minimum absolute atomic E-state index is 0. The summed E-state index contributed by atoms with van der Waals surface area (Å²) < 4.78 is 10.6. The van der Waals surface area contributed by atoms with Crippen LogP contribution in [-0.2, 0) is 17.8 Å². The van der Waals surface area contributed by atoms with E-state index in [4.69, 9.17) is 9.47 Å². The van der Waals surface area contributed by atoms with Crippen LogP contribution in [0.25, 0.3) is 0 Å². The van der Waals surface area contributed by atoms with Gasteiger partial charge in [0.1, 0.15) is 0 Å². The van der Waals surface area contributed by atoms with Crippen molar-refractivity contribution in [3.05, 3.63) is 59.7 Å². The molecule has 2 N–H and O–H groups in total. The molecule has 0 atom stereocenters. The Morgan fingerprint density at radius 1 is 0.967 bits per heavy atom. The highest BCUT2D eigenvalue weighted by atomic mass is 127. The van der Waals surface area contributed by atoms with E-state index < -0.39 is 0 Å². The first-order valence-electron chi connectivity index (χ1n) is 9.50. The van der Waals surface area contributed by atoms with Crippen LogP contribution >= 0.6 is 24.0 Å². The lowest BCUT2D eigenvalue weighted by Crippen LogP contribution is -2.43. The van der Waals surface area contributed by atoms with Crippen molar-refractivity contribution in [2.24, 2.45) is 4.99 Å². The summed E-state index contributed by atoms with van der Waals surface area (Å²) in [6.45, 7) is 1.32. The molecule has 0 aliphatic heterocycles. The number of aliphatic imine (C=N–C) groups is 1. The van der Waals surface area contributed by atoms with Crippen molar-refractivity contribution in [1.82, 2.24) is 15.5 Å². The van der Waals surface area contributed by atoms with Gasteiger partial charge in [-0.1, -0.05) is 36.4 Å². The fourth-order valence-electron chi connectivity index (χ4n) is 2.61. The van der Waals surface area contributed by atoms with Gasteiger partial charge < -0.3 is 25.0 Å². The van der Waals surface area contributed by atoms with E-state index in [1.165, 1.54) is 5.56 Å². The largest absolute Gasteiger partial charge is 0.493 e. The van der Waals surface area contributed by atoms with Crippen molar-refractivity contribution < 1.29 is 14.3 Å². The normalized spacial score (nSPS) is 10.6. The van der Waals surface area contributed by atoms with Gasteiger partial charge in [-0.05, 0) is 29.7 Å². The summed E-state index contributed by atoms with van der Waals surface area (Å²) in [4.78, 5) is 18.1. The number of guanidine groups is 1. The van der Waals surface area contributed by atoms with E-state index >= 15 is 0 Å². The van der Waals surface area contributed by atoms with Crippen LogP contribution in [0.1, 0.15) is 11.1 Å². The molecule has 0 radical (unpaired) electrons. The van der Waals surface area contributed by atoms with Crippen LogP contribution in [0.2, 0.25) is 0 Å². The molecule has 8 heteroatoms. The van der Waals surface area contributed by atoms with E-state index in [-0.39, 0.29) is 36.4 Å². The van der Waals surface area contributed by atoms with Gasteiger partial charge in [0.15, 0.2) is 17.5 Å². The molecular formula is C22H31IN4O3. The molecule has 0 aliphatic carbocycles. The fourth-order valence-corrected chi connectivity index (χ4v) is 2.61. The van der Waals surface area contributed by atoms with Crippen molar-refractivity contribution in [2.75, 3.05) is 41.4 Å². The van der Waals surface area contributed by atoms with E-state index in [1.54, 1.807) is 33.2 Å². The summed E-state index contributed by atoms with van der Waals surface area (Å²) >= 11 is 0. The number of nitrogens with one attached hydrogen (secondary N) is 2. The van der Waals surface area contributed by atoms with Gasteiger partial charge >= 0.3 is 0 Å². The SMILES string of the molecule is COc1ccc(CN=C(NCCc2ccccc2)NCC(=O)N(C)C)cc1OC.I. The van der Waals surface area contributed by atoms with Crippen LogP contribution < -0.4 is 20.1 Å². The van der Waals surface area contributed by atoms with E-state index in [0.717, 1.165) is 12.0 Å². The van der Waals surface area contributed by atoms with Gasteiger partial charge in [0.05, 0.1) is 27.3 Å². The zero-order chi connectivity index (χ0) is 21.1. The Bertz CT molecular complexity index is 813. The van der Waals surface area contributed by atoms with Gasteiger partial charge in [0, 0.05) is 20.6 Å². The number of halogens is 1. The van der Waals surface area contributed by atoms with Crippen molar-refractivity contribution in [1.29, 1.82) is 0 Å². The third-order valence-corrected chi connectivity index (χ3v) is 4.32. The number of nitrogens with zero attached hydrogens (tertiary/aromatic N) is 2. The number of hydrogen-bond donors (Lipinski definition) is 2. The number of ether oxygens (including phenoxy) is 2. The zero-order valence-electron chi connectivity index (χ0n) is 18.0. The molecule has 7 nitrogen and oxygen atoms in total. The molecular weight excluding hydrogens is 495 g/mol. The van der Waals surface area contributed by atoms with Crippen molar-refractivity contribution >= 4 is 35.8 Å². The van der Waals surface area contributed by atoms with Crippen molar-refractivity contribution in [3.63, 3.8) is 0 Å². The average Bonchev–Trinajstić information content (AvgIpc) is 2.75. The number of benzene rings is 2. The first-order valence-corrected chi connectivity index (χ1v) is 9.50. The fraction of sp³-hybridized carbons (Fsp3) is 0.364. The number of carbonyl (C=O) groups is 1. The van der Waals surface area contributed by atoms with Crippen LogP contribution in [-0.4, -0.2) is 58.2 Å². The van der Waals surface area contributed by atoms with E-state index in [0.29, 0.717) is 30.5 Å². The van der Waals surface area contributed by atoms with Gasteiger partial charge in [-0.2, -0.15) is 0 Å². The molecule has 0 heterocycles. The summed E-state index contributed by atoms with van der Waals surface area (Å²) in [5, 5.41) is 6.40. The number of amides is 1. The predicted octanol–water partition coefficient (Wildman–Crippen LogP) is 2.69. The summed E-state index contributed by atoms with van der Waals surface area (Å²) in [5.74, 6) is 1.91. The van der Waals surface area contributed by atoms with Gasteiger partial charge in [-0.25, -0.2) is 4.99 Å². The number of rotatable bonds is 9. The maximum Gasteiger partial charge on any atom is 0.241 e. The highest BCUT2D eigenvalue weighted by molar-refractivity contribution is 14.0. The number of carbonyl (C=O) groups excluding carboxylic acids is 1. The molecule has 0 saturated heterocycles. The Balaban J connectivity index is 0.00000450. The van der Waals surface area contributed by atoms with Crippen LogP contribution in [0.3, 0.4) is 0 Å². The lowest BCUT2D eigenvalue weighted by Gasteiger charge is -2.15. The summed E-state index contributed by atoms with van der Waals surface area (Å²) in [7, 11) is 6.67. The molecule has 2 aromatic rings. The van der Waals surface area contributed by atoms with Crippen LogP contribution in [0, 0.1) is 0 Å². The van der Waals surface area contributed by atoms with Gasteiger partial charge in [-0.15, -0.1) is 24.0 Å². The molecule has 0 unspecified atom stereocenters. The Hall–Kier alpha value is -2.49. The maximum atomic E-state index is 11.9. The average molecular weight is 526 g/mol. The highest BCUT2D eigenvalue weighted by Gasteiger charge is 2.07. The second kappa shape index (κ2) is 13.7. The van der Waals surface area contributed by atoms with E-state index in [1.807, 2.05) is 36.4 Å². The minimum Gasteiger partial charge on any atom is -0.493 e. The molecule has 2 aromatic carbocycles. The first kappa shape index (κ1) is 25.5. The van der Waals surface area contributed by atoms with Crippen LogP contribution in [0.15, 0.2) is 53.5 Å². The van der Waals surface area contributed by atoms with E-state index in [2.05, 4.69) is 27.8 Å². The number of hydrogen-bond acceptors (Lipinski definition) is 4. The number of likely N-dealkylation sites (N-methyl/N-ethyl adjacent to an activating group) is 1. The summed E-state index contributed by atoms with van der Waals surface area (Å²) in [6.07, 6.45) is 0.861. The lowest BCUT2D eigenvalue weighted by molar-refractivity contribution is -0.127.